The van der Waals surface area contributed by atoms with E-state index in [2.05, 4.69) is 0 Å². The van der Waals surface area contributed by atoms with Crippen molar-refractivity contribution in [2.75, 3.05) is 24.7 Å². The molecule has 150 valence electrons. The van der Waals surface area contributed by atoms with Gasteiger partial charge in [-0.15, -0.1) is 0 Å². The Bertz CT molecular complexity index is 947. The average molecular weight is 392 g/mol. The van der Waals surface area contributed by atoms with Crippen LogP contribution in [0.5, 0.6) is 0 Å². The van der Waals surface area contributed by atoms with E-state index in [4.69, 9.17) is 4.74 Å². The summed E-state index contributed by atoms with van der Waals surface area (Å²) < 4.78 is 5.70. The molecule has 0 saturated heterocycles. The summed E-state index contributed by atoms with van der Waals surface area (Å²) in [5.74, 6) is -0.763. The molecule has 0 atom stereocenters. The Balaban J connectivity index is 1.40. The number of benzene rings is 2. The number of ether oxygens (including phenoxy) is 1. The van der Waals surface area contributed by atoms with Gasteiger partial charge in [-0.3, -0.25) is 19.3 Å². The fourth-order valence-corrected chi connectivity index (χ4v) is 4.06. The van der Waals surface area contributed by atoms with Crippen LogP contribution in [0.3, 0.4) is 0 Å². The predicted molar refractivity (Wildman–Crippen MR) is 109 cm³/mol. The second-order valence-electron chi connectivity index (χ2n) is 8.07. The number of hydrogen-bond donors (Lipinski definition) is 0. The van der Waals surface area contributed by atoms with Crippen LogP contribution in [0.2, 0.25) is 0 Å². The Morgan fingerprint density at radius 2 is 1.62 bits per heavy atom. The maximum absolute atomic E-state index is 12.7. The maximum atomic E-state index is 12.7. The number of nitrogens with zero attached hydrogens (tertiary/aromatic N) is 2. The summed E-state index contributed by atoms with van der Waals surface area (Å²) in [4.78, 5) is 41.1. The van der Waals surface area contributed by atoms with Crippen molar-refractivity contribution in [3.8, 4) is 0 Å². The number of carbonyl (C=O) groups is 3. The summed E-state index contributed by atoms with van der Waals surface area (Å²) in [7, 11) is 0. The van der Waals surface area contributed by atoms with Gasteiger partial charge in [0.25, 0.3) is 17.7 Å². The average Bonchev–Trinajstić information content (AvgIpc) is 2.98. The molecule has 0 aromatic heterocycles. The van der Waals surface area contributed by atoms with Gasteiger partial charge in [0.2, 0.25) is 0 Å². The molecule has 0 bridgehead atoms. The fourth-order valence-electron chi connectivity index (χ4n) is 4.06. The normalized spacial score (nSPS) is 16.1. The van der Waals surface area contributed by atoms with Gasteiger partial charge in [-0.25, -0.2) is 0 Å². The topological polar surface area (TPSA) is 66.9 Å². The molecule has 2 aromatic rings. The van der Waals surface area contributed by atoms with Crippen molar-refractivity contribution in [3.63, 3.8) is 0 Å². The van der Waals surface area contributed by atoms with Gasteiger partial charge in [0.05, 0.1) is 23.3 Å². The summed E-state index contributed by atoms with van der Waals surface area (Å²) in [5, 5.41) is 0. The number of amides is 3. The Morgan fingerprint density at radius 1 is 1.00 bits per heavy atom. The Labute approximate surface area is 170 Å². The molecular weight excluding hydrogens is 368 g/mol. The zero-order valence-corrected chi connectivity index (χ0v) is 16.7. The minimum Gasteiger partial charge on any atom is -0.369 e. The number of rotatable bonds is 5. The second-order valence-corrected chi connectivity index (χ2v) is 8.07. The highest BCUT2D eigenvalue weighted by Gasteiger charge is 2.44. The molecule has 0 fully saturated rings. The molecule has 4 rings (SSSR count). The van der Waals surface area contributed by atoms with Crippen molar-refractivity contribution < 1.29 is 19.1 Å². The molecule has 2 heterocycles. The lowest BCUT2D eigenvalue weighted by Crippen LogP contribution is -2.51. The lowest BCUT2D eigenvalue weighted by atomic mass is 10.0. The third kappa shape index (κ3) is 3.44. The smallest absolute Gasteiger partial charge is 0.262 e. The molecule has 0 unspecified atom stereocenters. The SMILES string of the molecule is CC(C)(COCC(=O)N1CCCc2ccccc21)N1C(=O)c2ccccc2C1=O. The standard InChI is InChI=1S/C23H24N2O4/c1-23(2,25-21(27)17-10-4-5-11-18(17)22(25)28)15-29-14-20(26)24-13-7-9-16-8-3-6-12-19(16)24/h3-6,8,10-12H,7,9,13-15H2,1-2H3. The van der Waals surface area contributed by atoms with Gasteiger partial charge >= 0.3 is 0 Å². The van der Waals surface area contributed by atoms with Crippen LogP contribution in [0.25, 0.3) is 0 Å². The van der Waals surface area contributed by atoms with Gasteiger partial charge in [0.1, 0.15) is 6.61 Å². The lowest BCUT2D eigenvalue weighted by Gasteiger charge is -2.34. The van der Waals surface area contributed by atoms with E-state index in [-0.39, 0.29) is 30.9 Å². The number of aryl methyl sites for hydroxylation is 1. The van der Waals surface area contributed by atoms with Crippen molar-refractivity contribution in [1.82, 2.24) is 4.90 Å². The molecule has 0 radical (unpaired) electrons. The van der Waals surface area contributed by atoms with Crippen LogP contribution in [0.4, 0.5) is 5.69 Å². The number of hydrogen-bond acceptors (Lipinski definition) is 4. The summed E-state index contributed by atoms with van der Waals surface area (Å²) >= 11 is 0. The number of para-hydroxylation sites is 1. The predicted octanol–water partition coefficient (Wildman–Crippen LogP) is 3.06. The van der Waals surface area contributed by atoms with E-state index in [0.717, 1.165) is 18.5 Å². The number of fused-ring (bicyclic) bond motifs is 2. The zero-order valence-electron chi connectivity index (χ0n) is 16.7. The van der Waals surface area contributed by atoms with E-state index in [1.54, 1.807) is 43.0 Å². The molecule has 2 aliphatic heterocycles. The highest BCUT2D eigenvalue weighted by molar-refractivity contribution is 6.21. The third-order valence-electron chi connectivity index (χ3n) is 5.49. The van der Waals surface area contributed by atoms with E-state index in [9.17, 15) is 14.4 Å². The first-order chi connectivity index (χ1) is 13.9. The summed E-state index contributed by atoms with van der Waals surface area (Å²) in [5.41, 5.74) is 2.05. The van der Waals surface area contributed by atoms with E-state index in [1.807, 2.05) is 24.3 Å². The Hall–Kier alpha value is -2.99. The summed E-state index contributed by atoms with van der Waals surface area (Å²) in [6, 6.07) is 14.7. The van der Waals surface area contributed by atoms with E-state index < -0.39 is 5.54 Å². The highest BCUT2D eigenvalue weighted by atomic mass is 16.5. The van der Waals surface area contributed by atoms with E-state index in [1.165, 1.54) is 10.5 Å². The quantitative estimate of drug-likeness (QED) is 0.734. The van der Waals surface area contributed by atoms with Gasteiger partial charge in [-0.05, 0) is 50.5 Å². The van der Waals surface area contributed by atoms with Crippen LogP contribution in [0.1, 0.15) is 46.5 Å². The van der Waals surface area contributed by atoms with Crippen LogP contribution in [0, 0.1) is 0 Å². The largest absolute Gasteiger partial charge is 0.369 e. The minimum absolute atomic E-state index is 0.0830. The second kappa shape index (κ2) is 7.44. The fraction of sp³-hybridized carbons (Fsp3) is 0.348. The van der Waals surface area contributed by atoms with Crippen LogP contribution in [-0.2, 0) is 16.0 Å². The van der Waals surface area contributed by atoms with Gasteiger partial charge in [0, 0.05) is 12.2 Å². The molecule has 29 heavy (non-hydrogen) atoms. The summed E-state index contributed by atoms with van der Waals surface area (Å²) in [6.07, 6.45) is 1.89. The Morgan fingerprint density at radius 3 is 2.31 bits per heavy atom. The molecule has 0 saturated carbocycles. The van der Waals surface area contributed by atoms with Crippen molar-refractivity contribution in [1.29, 1.82) is 0 Å². The van der Waals surface area contributed by atoms with Crippen molar-refractivity contribution in [2.45, 2.75) is 32.2 Å². The molecule has 3 amide bonds. The molecule has 6 nitrogen and oxygen atoms in total. The molecule has 0 aliphatic carbocycles. The number of carbonyl (C=O) groups excluding carboxylic acids is 3. The van der Waals surface area contributed by atoms with Gasteiger partial charge in [-0.1, -0.05) is 30.3 Å². The first-order valence-electron chi connectivity index (χ1n) is 9.84. The molecular formula is C23H24N2O4. The number of anilines is 1. The maximum Gasteiger partial charge on any atom is 0.262 e. The molecule has 6 heteroatoms. The van der Waals surface area contributed by atoms with Crippen molar-refractivity contribution >= 4 is 23.4 Å². The van der Waals surface area contributed by atoms with Crippen LogP contribution in [0.15, 0.2) is 48.5 Å². The van der Waals surface area contributed by atoms with Crippen LogP contribution >= 0.6 is 0 Å². The molecule has 0 N–H and O–H groups in total. The highest BCUT2D eigenvalue weighted by Crippen LogP contribution is 2.30. The van der Waals surface area contributed by atoms with Gasteiger partial charge in [-0.2, -0.15) is 0 Å². The zero-order chi connectivity index (χ0) is 20.6. The Kier molecular flexibility index (Phi) is 4.96. The minimum atomic E-state index is -0.868. The number of imide groups is 1. The van der Waals surface area contributed by atoms with Gasteiger partial charge in [0.15, 0.2) is 0 Å². The monoisotopic (exact) mass is 392 g/mol. The van der Waals surface area contributed by atoms with Crippen molar-refractivity contribution in [3.05, 3.63) is 65.2 Å². The lowest BCUT2D eigenvalue weighted by molar-refractivity contribution is -0.124. The molecule has 2 aromatic carbocycles. The van der Waals surface area contributed by atoms with Crippen LogP contribution < -0.4 is 4.90 Å². The third-order valence-corrected chi connectivity index (χ3v) is 5.49. The van der Waals surface area contributed by atoms with E-state index >= 15 is 0 Å². The van der Waals surface area contributed by atoms with E-state index in [0.29, 0.717) is 17.7 Å². The first kappa shape index (κ1) is 19.3. The summed E-state index contributed by atoms with van der Waals surface area (Å²) in [6.45, 7) is 4.20. The molecule has 0 spiro atoms. The van der Waals surface area contributed by atoms with Crippen molar-refractivity contribution in [2.24, 2.45) is 0 Å². The van der Waals surface area contributed by atoms with Crippen LogP contribution in [-0.4, -0.2) is 47.9 Å². The van der Waals surface area contributed by atoms with Gasteiger partial charge < -0.3 is 9.64 Å². The molecule has 2 aliphatic rings. The first-order valence-corrected chi connectivity index (χ1v) is 9.84.